The number of anilines is 3. The normalized spacial score (nSPS) is 11.9. The van der Waals surface area contributed by atoms with E-state index in [-0.39, 0.29) is 0 Å². The molecule has 9 aromatic carbocycles. The highest BCUT2D eigenvalue weighted by molar-refractivity contribution is 6.14. The molecule has 0 atom stereocenters. The summed E-state index contributed by atoms with van der Waals surface area (Å²) in [6.07, 6.45) is 0. The second kappa shape index (κ2) is 12.9. The van der Waals surface area contributed by atoms with Gasteiger partial charge in [0.2, 0.25) is 0 Å². The van der Waals surface area contributed by atoms with Crippen molar-refractivity contribution in [3.8, 4) is 45.1 Å². The van der Waals surface area contributed by atoms with E-state index in [1.165, 1.54) is 54.8 Å². The van der Waals surface area contributed by atoms with Gasteiger partial charge >= 0.3 is 0 Å². The van der Waals surface area contributed by atoms with E-state index in [1.807, 2.05) is 12.1 Å². The maximum absolute atomic E-state index is 6.37. The maximum atomic E-state index is 6.37. The Hall–Kier alpha value is -7.82. The van der Waals surface area contributed by atoms with E-state index in [0.29, 0.717) is 0 Å². The van der Waals surface area contributed by atoms with E-state index in [0.717, 1.165) is 51.0 Å². The van der Waals surface area contributed by atoms with Gasteiger partial charge in [0.15, 0.2) is 11.5 Å². The second-order valence-electron chi connectivity index (χ2n) is 15.0. The van der Waals surface area contributed by atoms with Gasteiger partial charge in [-0.15, -0.1) is 0 Å². The number of hydrogen-bond acceptors (Lipinski definition) is 2. The van der Waals surface area contributed by atoms with Crippen LogP contribution in [-0.2, 0) is 0 Å². The van der Waals surface area contributed by atoms with Crippen LogP contribution < -0.4 is 9.64 Å². The molecule has 0 fully saturated rings. The first-order valence-electron chi connectivity index (χ1n) is 19.8. The van der Waals surface area contributed by atoms with E-state index >= 15 is 0 Å². The zero-order valence-corrected chi connectivity index (χ0v) is 31.5. The van der Waals surface area contributed by atoms with E-state index < -0.39 is 0 Å². The molecule has 0 saturated carbocycles. The Kier molecular flexibility index (Phi) is 7.20. The molecule has 0 spiro atoms. The molecular formula is C54H35N3O. The van der Waals surface area contributed by atoms with Crippen LogP contribution in [0.3, 0.4) is 0 Å². The standard InChI is InChI=1S/C54H35N3O/c1-4-13-36(14-5-1)38-26-31-48-46(33-38)47-35-43(55(40-15-6-2-7-16-40)41-17-8-3-9-18-41)29-32-49(47)56(48)42-27-23-37(24-28-42)39-25-30-44-45-19-12-22-53-54(45)57(51(44)34-39)50-20-10-11-21-52(50)58-53/h1-35H. The van der Waals surface area contributed by atoms with Crippen LogP contribution in [0.4, 0.5) is 17.1 Å². The van der Waals surface area contributed by atoms with Crippen molar-refractivity contribution in [2.75, 3.05) is 4.90 Å². The number of hydrogen-bond donors (Lipinski definition) is 0. The van der Waals surface area contributed by atoms with Crippen LogP contribution in [0.1, 0.15) is 0 Å². The third-order valence-electron chi connectivity index (χ3n) is 11.7. The van der Waals surface area contributed by atoms with Crippen LogP contribution in [0.15, 0.2) is 212 Å². The highest BCUT2D eigenvalue weighted by Crippen LogP contribution is 2.46. The third-order valence-corrected chi connectivity index (χ3v) is 11.7. The van der Waals surface area contributed by atoms with Crippen molar-refractivity contribution in [1.29, 1.82) is 0 Å². The van der Waals surface area contributed by atoms with Gasteiger partial charge in [-0.1, -0.05) is 121 Å². The summed E-state index contributed by atoms with van der Waals surface area (Å²) >= 11 is 0. The van der Waals surface area contributed by atoms with Crippen LogP contribution in [0.2, 0.25) is 0 Å². The fraction of sp³-hybridized carbons (Fsp3) is 0. The average Bonchev–Trinajstić information content (AvgIpc) is 3.80. The van der Waals surface area contributed by atoms with Gasteiger partial charge in [0.25, 0.3) is 0 Å². The third kappa shape index (κ3) is 5.02. The summed E-state index contributed by atoms with van der Waals surface area (Å²) in [6.45, 7) is 0. The topological polar surface area (TPSA) is 22.3 Å². The van der Waals surface area contributed by atoms with Crippen molar-refractivity contribution in [3.05, 3.63) is 212 Å². The lowest BCUT2D eigenvalue weighted by Crippen LogP contribution is -2.09. The number of para-hydroxylation sites is 5. The second-order valence-corrected chi connectivity index (χ2v) is 15.0. The Morgan fingerprint density at radius 3 is 1.67 bits per heavy atom. The lowest BCUT2D eigenvalue weighted by Gasteiger charge is -2.25. The molecule has 2 aromatic heterocycles. The Morgan fingerprint density at radius 2 is 0.914 bits per heavy atom. The molecule has 11 aromatic rings. The Labute approximate surface area is 335 Å². The fourth-order valence-corrected chi connectivity index (χ4v) is 9.04. The molecular weight excluding hydrogens is 707 g/mol. The molecule has 0 unspecified atom stereocenters. The number of benzene rings is 9. The molecule has 0 amide bonds. The monoisotopic (exact) mass is 741 g/mol. The van der Waals surface area contributed by atoms with Crippen molar-refractivity contribution in [2.24, 2.45) is 0 Å². The zero-order chi connectivity index (χ0) is 38.2. The number of rotatable bonds is 6. The summed E-state index contributed by atoms with van der Waals surface area (Å²) in [5.74, 6) is 1.76. The van der Waals surface area contributed by atoms with Gasteiger partial charge in [-0.05, 0) is 113 Å². The van der Waals surface area contributed by atoms with Crippen LogP contribution in [-0.4, -0.2) is 9.13 Å². The van der Waals surface area contributed by atoms with Crippen LogP contribution >= 0.6 is 0 Å². The smallest absolute Gasteiger partial charge is 0.152 e. The summed E-state index contributed by atoms with van der Waals surface area (Å²) in [5, 5.41) is 4.83. The van der Waals surface area contributed by atoms with Crippen LogP contribution in [0.25, 0.3) is 77.2 Å². The van der Waals surface area contributed by atoms with Gasteiger partial charge < -0.3 is 18.8 Å². The molecule has 0 bridgehead atoms. The Balaban J connectivity index is 1.01. The summed E-state index contributed by atoms with van der Waals surface area (Å²) in [5.41, 5.74) is 14.9. The van der Waals surface area contributed by atoms with Gasteiger partial charge in [-0.3, -0.25) is 0 Å². The zero-order valence-electron chi connectivity index (χ0n) is 31.5. The van der Waals surface area contributed by atoms with E-state index in [2.05, 4.69) is 214 Å². The first-order valence-corrected chi connectivity index (χ1v) is 19.8. The molecule has 272 valence electrons. The first kappa shape index (κ1) is 32.4. The van der Waals surface area contributed by atoms with Gasteiger partial charge in [0, 0.05) is 44.3 Å². The number of fused-ring (bicyclic) bond motifs is 8. The highest BCUT2D eigenvalue weighted by atomic mass is 16.5. The Morgan fingerprint density at radius 1 is 0.328 bits per heavy atom. The summed E-state index contributed by atoms with van der Waals surface area (Å²) in [6, 6.07) is 76.2. The Bertz CT molecular complexity index is 3310. The quantitative estimate of drug-likeness (QED) is 0.169. The van der Waals surface area contributed by atoms with Crippen molar-refractivity contribution in [1.82, 2.24) is 9.13 Å². The molecule has 0 radical (unpaired) electrons. The highest BCUT2D eigenvalue weighted by Gasteiger charge is 2.24. The van der Waals surface area contributed by atoms with Crippen LogP contribution in [0, 0.1) is 0 Å². The minimum absolute atomic E-state index is 0.872. The summed E-state index contributed by atoms with van der Waals surface area (Å²) in [7, 11) is 0. The van der Waals surface area contributed by atoms with Gasteiger partial charge in [0.1, 0.15) is 0 Å². The van der Waals surface area contributed by atoms with Crippen LogP contribution in [0.5, 0.6) is 11.5 Å². The molecule has 1 aliphatic rings. The SMILES string of the molecule is c1ccc(-c2ccc3c(c2)c2cc(N(c4ccccc4)c4ccccc4)ccc2n3-c2ccc(-c3ccc4c5cccc6c5n(c4c3)-c3ccccc3O6)cc2)cc1. The summed E-state index contributed by atoms with van der Waals surface area (Å²) in [4.78, 5) is 2.34. The lowest BCUT2D eigenvalue weighted by atomic mass is 10.0. The number of ether oxygens (including phenoxy) is 1. The molecule has 58 heavy (non-hydrogen) atoms. The van der Waals surface area contributed by atoms with Gasteiger partial charge in [0.05, 0.1) is 27.8 Å². The first-order chi connectivity index (χ1) is 28.8. The number of aromatic nitrogens is 2. The maximum Gasteiger partial charge on any atom is 0.152 e. The predicted octanol–water partition coefficient (Wildman–Crippen LogP) is 14.8. The average molecular weight is 742 g/mol. The molecule has 0 N–H and O–H groups in total. The van der Waals surface area contributed by atoms with E-state index in [1.54, 1.807) is 0 Å². The fourth-order valence-electron chi connectivity index (χ4n) is 9.04. The summed E-state index contributed by atoms with van der Waals surface area (Å²) < 4.78 is 11.1. The van der Waals surface area contributed by atoms with Crippen molar-refractivity contribution < 1.29 is 4.74 Å². The molecule has 4 heteroatoms. The molecule has 0 aliphatic carbocycles. The van der Waals surface area contributed by atoms with Gasteiger partial charge in [-0.2, -0.15) is 0 Å². The predicted molar refractivity (Wildman–Crippen MR) is 241 cm³/mol. The molecule has 12 rings (SSSR count). The van der Waals surface area contributed by atoms with Crippen molar-refractivity contribution in [3.63, 3.8) is 0 Å². The minimum Gasteiger partial charge on any atom is -0.453 e. The number of nitrogens with zero attached hydrogens (tertiary/aromatic N) is 3. The van der Waals surface area contributed by atoms with E-state index in [4.69, 9.17) is 4.74 Å². The molecule has 3 heterocycles. The largest absolute Gasteiger partial charge is 0.453 e. The van der Waals surface area contributed by atoms with E-state index in [9.17, 15) is 0 Å². The van der Waals surface area contributed by atoms with Crippen molar-refractivity contribution >= 4 is 60.7 Å². The minimum atomic E-state index is 0.872. The lowest BCUT2D eigenvalue weighted by molar-refractivity contribution is 0.476. The molecule has 4 nitrogen and oxygen atoms in total. The van der Waals surface area contributed by atoms with Crippen molar-refractivity contribution in [2.45, 2.75) is 0 Å². The molecule has 1 aliphatic heterocycles. The molecule has 0 saturated heterocycles. The van der Waals surface area contributed by atoms with Gasteiger partial charge in [-0.25, -0.2) is 0 Å².